The Hall–Kier alpha value is -0.970. The van der Waals surface area contributed by atoms with Crippen molar-refractivity contribution < 1.29 is 5.11 Å². The van der Waals surface area contributed by atoms with E-state index in [0.717, 1.165) is 25.3 Å². The predicted octanol–water partition coefficient (Wildman–Crippen LogP) is 1.40. The number of aliphatic hydroxyl groups excluding tert-OH is 1. The number of hydrogen-bond acceptors (Lipinski definition) is 4. The number of likely N-dealkylation sites (N-methyl/N-ethyl adjacent to an activating group) is 1. The molecule has 1 aliphatic rings. The maximum atomic E-state index is 9.37. The van der Waals surface area contributed by atoms with E-state index in [1.54, 1.807) is 0 Å². The molecule has 1 saturated heterocycles. The molecule has 4 nitrogen and oxygen atoms in total. The summed E-state index contributed by atoms with van der Waals surface area (Å²) in [6.07, 6.45) is 2.00. The van der Waals surface area contributed by atoms with Crippen molar-refractivity contribution in [3.63, 3.8) is 0 Å². The third kappa shape index (κ3) is 3.78. The molecule has 2 heterocycles. The fraction of sp³-hybridized carbons (Fsp3) is 0.688. The van der Waals surface area contributed by atoms with Gasteiger partial charge in [0, 0.05) is 55.5 Å². The molecule has 4 heteroatoms. The van der Waals surface area contributed by atoms with Gasteiger partial charge in [-0.1, -0.05) is 19.9 Å². The smallest absolute Gasteiger partial charge is 0.0494 e. The van der Waals surface area contributed by atoms with E-state index in [2.05, 4.69) is 48.2 Å². The number of hydrogen-bond donors (Lipinski definition) is 2. The third-order valence-electron chi connectivity index (χ3n) is 4.14. The van der Waals surface area contributed by atoms with Crippen LogP contribution in [0.1, 0.15) is 31.0 Å². The SMILES string of the molecule is Cc1ccc([C@@H]2CN(C)C[C@H]2NCC(C)(C)CO)cn1. The molecule has 1 aromatic rings. The number of aliphatic hydroxyl groups is 1. The number of aryl methyl sites for hydroxylation is 1. The molecule has 1 aliphatic heterocycles. The van der Waals surface area contributed by atoms with Gasteiger partial charge in [0.15, 0.2) is 0 Å². The Morgan fingerprint density at radius 3 is 2.75 bits per heavy atom. The highest BCUT2D eigenvalue weighted by Crippen LogP contribution is 2.27. The Morgan fingerprint density at radius 1 is 1.40 bits per heavy atom. The Kier molecular flexibility index (Phi) is 4.78. The van der Waals surface area contributed by atoms with Crippen LogP contribution in [-0.4, -0.2) is 54.3 Å². The van der Waals surface area contributed by atoms with Gasteiger partial charge >= 0.3 is 0 Å². The van der Waals surface area contributed by atoms with Crippen LogP contribution in [0.3, 0.4) is 0 Å². The molecule has 112 valence electrons. The van der Waals surface area contributed by atoms with E-state index in [1.807, 2.05) is 13.1 Å². The van der Waals surface area contributed by atoms with Crippen molar-refractivity contribution in [3.8, 4) is 0 Å². The number of pyridine rings is 1. The minimum Gasteiger partial charge on any atom is -0.396 e. The van der Waals surface area contributed by atoms with Crippen molar-refractivity contribution >= 4 is 0 Å². The number of aromatic nitrogens is 1. The van der Waals surface area contributed by atoms with Crippen molar-refractivity contribution in [3.05, 3.63) is 29.6 Å². The largest absolute Gasteiger partial charge is 0.396 e. The molecular weight excluding hydrogens is 250 g/mol. The zero-order chi connectivity index (χ0) is 14.8. The van der Waals surface area contributed by atoms with E-state index >= 15 is 0 Å². The maximum Gasteiger partial charge on any atom is 0.0494 e. The van der Waals surface area contributed by atoms with Gasteiger partial charge in [-0.15, -0.1) is 0 Å². The first-order chi connectivity index (χ1) is 9.41. The second-order valence-electron chi connectivity index (χ2n) is 6.87. The van der Waals surface area contributed by atoms with Crippen LogP contribution in [0.2, 0.25) is 0 Å². The fourth-order valence-corrected chi connectivity index (χ4v) is 2.71. The summed E-state index contributed by atoms with van der Waals surface area (Å²) in [5, 5.41) is 13.0. The topological polar surface area (TPSA) is 48.4 Å². The van der Waals surface area contributed by atoms with Crippen LogP contribution in [0.15, 0.2) is 18.3 Å². The minimum absolute atomic E-state index is 0.0722. The van der Waals surface area contributed by atoms with Crippen LogP contribution < -0.4 is 5.32 Å². The Balaban J connectivity index is 2.05. The van der Waals surface area contributed by atoms with Gasteiger partial charge < -0.3 is 15.3 Å². The molecule has 0 aliphatic carbocycles. The molecule has 0 radical (unpaired) electrons. The van der Waals surface area contributed by atoms with E-state index in [9.17, 15) is 5.11 Å². The van der Waals surface area contributed by atoms with Crippen molar-refractivity contribution in [2.45, 2.75) is 32.7 Å². The van der Waals surface area contributed by atoms with E-state index in [-0.39, 0.29) is 12.0 Å². The molecule has 2 N–H and O–H groups in total. The van der Waals surface area contributed by atoms with Crippen LogP contribution in [0.5, 0.6) is 0 Å². The summed E-state index contributed by atoms with van der Waals surface area (Å²) < 4.78 is 0. The van der Waals surface area contributed by atoms with Gasteiger partial charge in [0.25, 0.3) is 0 Å². The highest BCUT2D eigenvalue weighted by Gasteiger charge is 2.33. The van der Waals surface area contributed by atoms with E-state index in [0.29, 0.717) is 12.0 Å². The summed E-state index contributed by atoms with van der Waals surface area (Å²) in [5.41, 5.74) is 2.29. The lowest BCUT2D eigenvalue weighted by molar-refractivity contribution is 0.152. The van der Waals surface area contributed by atoms with Gasteiger partial charge in [0.2, 0.25) is 0 Å². The van der Waals surface area contributed by atoms with Gasteiger partial charge in [0.05, 0.1) is 0 Å². The molecule has 0 saturated carbocycles. The summed E-state index contributed by atoms with van der Waals surface area (Å²) in [5.74, 6) is 0.475. The Bertz CT molecular complexity index is 430. The summed E-state index contributed by atoms with van der Waals surface area (Å²) in [6, 6.07) is 4.70. The first kappa shape index (κ1) is 15.4. The summed E-state index contributed by atoms with van der Waals surface area (Å²) in [6.45, 7) is 9.32. The zero-order valence-corrected chi connectivity index (χ0v) is 13.1. The van der Waals surface area contributed by atoms with Crippen molar-refractivity contribution in [1.29, 1.82) is 0 Å². The molecule has 2 atom stereocenters. The van der Waals surface area contributed by atoms with E-state index < -0.39 is 0 Å². The average Bonchev–Trinajstić information content (AvgIpc) is 2.79. The Morgan fingerprint density at radius 2 is 2.15 bits per heavy atom. The highest BCUT2D eigenvalue weighted by atomic mass is 16.3. The monoisotopic (exact) mass is 277 g/mol. The molecule has 0 spiro atoms. The number of nitrogens with one attached hydrogen (secondary N) is 1. The van der Waals surface area contributed by atoms with Crippen LogP contribution in [0, 0.1) is 12.3 Å². The molecule has 0 bridgehead atoms. The van der Waals surface area contributed by atoms with E-state index in [1.165, 1.54) is 5.56 Å². The number of rotatable bonds is 5. The van der Waals surface area contributed by atoms with Gasteiger partial charge in [-0.25, -0.2) is 0 Å². The molecule has 0 unspecified atom stereocenters. The predicted molar refractivity (Wildman–Crippen MR) is 81.9 cm³/mol. The van der Waals surface area contributed by atoms with Crippen molar-refractivity contribution in [2.75, 3.05) is 33.3 Å². The first-order valence-electron chi connectivity index (χ1n) is 7.36. The lowest BCUT2D eigenvalue weighted by atomic mass is 9.91. The fourth-order valence-electron chi connectivity index (χ4n) is 2.71. The van der Waals surface area contributed by atoms with Gasteiger partial charge in [-0.2, -0.15) is 0 Å². The quantitative estimate of drug-likeness (QED) is 0.854. The number of likely N-dealkylation sites (tertiary alicyclic amines) is 1. The van der Waals surface area contributed by atoms with Crippen molar-refractivity contribution in [2.24, 2.45) is 5.41 Å². The van der Waals surface area contributed by atoms with Crippen LogP contribution in [-0.2, 0) is 0 Å². The first-order valence-corrected chi connectivity index (χ1v) is 7.36. The van der Waals surface area contributed by atoms with E-state index in [4.69, 9.17) is 0 Å². The van der Waals surface area contributed by atoms with Crippen LogP contribution in [0.4, 0.5) is 0 Å². The second-order valence-corrected chi connectivity index (χ2v) is 6.87. The maximum absolute atomic E-state index is 9.37. The molecule has 20 heavy (non-hydrogen) atoms. The third-order valence-corrected chi connectivity index (χ3v) is 4.14. The summed E-state index contributed by atoms with van der Waals surface area (Å²) >= 11 is 0. The standard InChI is InChI=1S/C16H27N3O/c1-12-5-6-13(7-17-12)14-8-19(4)9-15(14)18-10-16(2,3)11-20/h5-7,14-15,18,20H,8-11H2,1-4H3/t14-,15+/m0/s1. The zero-order valence-electron chi connectivity index (χ0n) is 13.1. The molecule has 1 aromatic heterocycles. The van der Waals surface area contributed by atoms with Crippen molar-refractivity contribution in [1.82, 2.24) is 15.2 Å². The number of nitrogens with zero attached hydrogens (tertiary/aromatic N) is 2. The lowest BCUT2D eigenvalue weighted by Crippen LogP contribution is -2.42. The normalized spacial score (nSPS) is 24.2. The molecule has 0 amide bonds. The second kappa shape index (κ2) is 6.20. The lowest BCUT2D eigenvalue weighted by Gasteiger charge is -2.27. The summed E-state index contributed by atoms with van der Waals surface area (Å²) in [7, 11) is 2.16. The van der Waals surface area contributed by atoms with Gasteiger partial charge in [-0.05, 0) is 25.6 Å². The average molecular weight is 277 g/mol. The minimum atomic E-state index is -0.0722. The highest BCUT2D eigenvalue weighted by molar-refractivity contribution is 5.22. The van der Waals surface area contributed by atoms with Crippen LogP contribution in [0.25, 0.3) is 0 Å². The molecule has 0 aromatic carbocycles. The molecule has 1 fully saturated rings. The Labute approximate surface area is 122 Å². The van der Waals surface area contributed by atoms with Crippen LogP contribution >= 0.6 is 0 Å². The van der Waals surface area contributed by atoms with Gasteiger partial charge in [0.1, 0.15) is 0 Å². The molecule has 2 rings (SSSR count). The van der Waals surface area contributed by atoms with Gasteiger partial charge in [-0.3, -0.25) is 4.98 Å². The summed E-state index contributed by atoms with van der Waals surface area (Å²) in [4.78, 5) is 6.78. The molecular formula is C16H27N3O.